The van der Waals surface area contributed by atoms with Crippen LogP contribution in [0.3, 0.4) is 0 Å². The van der Waals surface area contributed by atoms with Crippen LogP contribution in [0, 0.1) is 0 Å². The molecule has 0 spiro atoms. The Balaban J connectivity index is 2.15. The molecule has 9 heteroatoms. The summed E-state index contributed by atoms with van der Waals surface area (Å²) >= 11 is 0. The van der Waals surface area contributed by atoms with Crippen LogP contribution in [0.2, 0.25) is 0 Å². The summed E-state index contributed by atoms with van der Waals surface area (Å²) < 4.78 is 22.9. The highest BCUT2D eigenvalue weighted by molar-refractivity contribution is 5.69. The SMILES string of the molecule is CCC/C=C\C/C=C\CCCCCCCC(=O)OC(COCCCCCCCCCCCCCCCC/C=C\C/C=C\CCCCCCC)COC1OC(CO)C(O)C(O)C1O. The Morgan fingerprint density at radius 1 is 0.516 bits per heavy atom. The van der Waals surface area contributed by atoms with E-state index in [0.717, 1.165) is 70.6 Å². The molecular formula is C53H96O9. The largest absolute Gasteiger partial charge is 0.457 e. The molecule has 0 aromatic carbocycles. The number of ether oxygens (including phenoxy) is 4. The van der Waals surface area contributed by atoms with Gasteiger partial charge >= 0.3 is 5.97 Å². The molecule has 0 aromatic heterocycles. The minimum Gasteiger partial charge on any atom is -0.457 e. The first-order valence-corrected chi connectivity index (χ1v) is 25.7. The summed E-state index contributed by atoms with van der Waals surface area (Å²) in [6.45, 7) is 4.48. The first-order valence-electron chi connectivity index (χ1n) is 25.7. The number of carbonyl (C=O) groups excluding carboxylic acids is 1. The maximum Gasteiger partial charge on any atom is 0.306 e. The zero-order valence-corrected chi connectivity index (χ0v) is 39.9. The monoisotopic (exact) mass is 877 g/mol. The van der Waals surface area contributed by atoms with E-state index >= 15 is 0 Å². The fraction of sp³-hybridized carbons (Fsp3) is 0.830. The van der Waals surface area contributed by atoms with E-state index in [-0.39, 0.29) is 19.2 Å². The first-order chi connectivity index (χ1) is 30.4. The van der Waals surface area contributed by atoms with Crippen molar-refractivity contribution in [1.82, 2.24) is 0 Å². The maximum atomic E-state index is 12.8. The van der Waals surface area contributed by atoms with Crippen LogP contribution in [0.5, 0.6) is 0 Å². The summed E-state index contributed by atoms with van der Waals surface area (Å²) in [5, 5.41) is 40.2. The molecule has 0 saturated carbocycles. The Kier molecular flexibility index (Phi) is 41.6. The number of rotatable bonds is 44. The molecule has 4 N–H and O–H groups in total. The standard InChI is InChI=1S/C53H96O9/c1-3-5-7-9-11-13-15-17-18-19-20-21-22-23-24-25-26-27-28-29-31-33-35-37-39-41-43-59-45-47(46-60-53-52(58)51(57)50(56)48(44-54)62-53)61-49(55)42-40-38-36-34-32-30-16-14-12-10-8-6-4-2/h8,10,14-17,19-20,47-48,50-54,56-58H,3-7,9,11-13,18,21-46H2,1-2H3/b10-8-,16-14-,17-15-,20-19-. The highest BCUT2D eigenvalue weighted by Gasteiger charge is 2.44. The highest BCUT2D eigenvalue weighted by Crippen LogP contribution is 2.23. The third kappa shape index (κ3) is 34.5. The van der Waals surface area contributed by atoms with E-state index in [4.69, 9.17) is 18.9 Å². The zero-order chi connectivity index (χ0) is 45.0. The minimum atomic E-state index is -1.54. The van der Waals surface area contributed by atoms with Crippen LogP contribution in [0.4, 0.5) is 0 Å². The Morgan fingerprint density at radius 2 is 0.968 bits per heavy atom. The molecular weight excluding hydrogens is 781 g/mol. The van der Waals surface area contributed by atoms with E-state index in [2.05, 4.69) is 62.5 Å². The van der Waals surface area contributed by atoms with E-state index in [1.165, 1.54) is 128 Å². The summed E-state index contributed by atoms with van der Waals surface area (Å²) in [5.74, 6) is -0.327. The van der Waals surface area contributed by atoms with Crippen molar-refractivity contribution in [2.75, 3.05) is 26.4 Å². The summed E-state index contributed by atoms with van der Waals surface area (Å²) in [5.41, 5.74) is 0. The van der Waals surface area contributed by atoms with Crippen LogP contribution < -0.4 is 0 Å². The van der Waals surface area contributed by atoms with Crippen LogP contribution in [-0.2, 0) is 23.7 Å². The lowest BCUT2D eigenvalue weighted by molar-refractivity contribution is -0.305. The lowest BCUT2D eigenvalue weighted by Crippen LogP contribution is -2.59. The van der Waals surface area contributed by atoms with E-state index in [1.54, 1.807) is 0 Å². The van der Waals surface area contributed by atoms with Crippen molar-refractivity contribution >= 4 is 5.97 Å². The molecule has 1 saturated heterocycles. The van der Waals surface area contributed by atoms with E-state index < -0.39 is 43.4 Å². The van der Waals surface area contributed by atoms with E-state index in [0.29, 0.717) is 13.0 Å². The molecule has 1 fully saturated rings. The average Bonchev–Trinajstić information content (AvgIpc) is 3.27. The Labute approximate surface area is 380 Å². The van der Waals surface area contributed by atoms with Gasteiger partial charge in [0.05, 0.1) is 19.8 Å². The van der Waals surface area contributed by atoms with Gasteiger partial charge in [0.1, 0.15) is 30.5 Å². The molecule has 0 radical (unpaired) electrons. The predicted octanol–water partition coefficient (Wildman–Crippen LogP) is 12.5. The Morgan fingerprint density at radius 3 is 1.45 bits per heavy atom. The number of carbonyl (C=O) groups is 1. The van der Waals surface area contributed by atoms with Crippen LogP contribution in [-0.4, -0.2) is 89.6 Å². The van der Waals surface area contributed by atoms with Gasteiger partial charge in [0.2, 0.25) is 0 Å². The van der Waals surface area contributed by atoms with Crippen LogP contribution in [0.15, 0.2) is 48.6 Å². The molecule has 6 unspecified atom stereocenters. The number of aliphatic hydroxyl groups excluding tert-OH is 4. The smallest absolute Gasteiger partial charge is 0.306 e. The Bertz CT molecular complexity index is 1090. The second kappa shape index (κ2) is 44.4. The van der Waals surface area contributed by atoms with E-state index in [1.807, 2.05) is 0 Å². The van der Waals surface area contributed by atoms with Crippen LogP contribution in [0.1, 0.15) is 219 Å². The van der Waals surface area contributed by atoms with Gasteiger partial charge in [0.25, 0.3) is 0 Å². The predicted molar refractivity (Wildman–Crippen MR) is 256 cm³/mol. The van der Waals surface area contributed by atoms with Crippen molar-refractivity contribution in [1.29, 1.82) is 0 Å². The van der Waals surface area contributed by atoms with Crippen LogP contribution in [0.25, 0.3) is 0 Å². The molecule has 0 amide bonds. The van der Waals surface area contributed by atoms with Gasteiger partial charge < -0.3 is 39.4 Å². The molecule has 0 aromatic rings. The molecule has 62 heavy (non-hydrogen) atoms. The number of esters is 1. The molecule has 9 nitrogen and oxygen atoms in total. The van der Waals surface area contributed by atoms with Gasteiger partial charge in [0.15, 0.2) is 6.29 Å². The summed E-state index contributed by atoms with van der Waals surface area (Å²) in [6.07, 6.45) is 48.7. The third-order valence-corrected chi connectivity index (χ3v) is 11.7. The topological polar surface area (TPSA) is 135 Å². The number of aliphatic hydroxyl groups is 4. The lowest BCUT2D eigenvalue weighted by Gasteiger charge is -2.39. The number of allylic oxidation sites excluding steroid dienone is 8. The summed E-state index contributed by atoms with van der Waals surface area (Å²) in [7, 11) is 0. The molecule has 1 rings (SSSR count). The van der Waals surface area contributed by atoms with Crippen molar-refractivity contribution in [3.8, 4) is 0 Å². The van der Waals surface area contributed by atoms with Gasteiger partial charge in [-0.05, 0) is 70.6 Å². The molecule has 1 aliphatic rings. The van der Waals surface area contributed by atoms with Gasteiger partial charge in [-0.25, -0.2) is 0 Å². The van der Waals surface area contributed by atoms with Crippen molar-refractivity contribution in [3.05, 3.63) is 48.6 Å². The fourth-order valence-corrected chi connectivity index (χ4v) is 7.68. The lowest BCUT2D eigenvalue weighted by atomic mass is 9.99. The minimum absolute atomic E-state index is 0.119. The number of hydrogen-bond donors (Lipinski definition) is 4. The van der Waals surface area contributed by atoms with Crippen molar-refractivity contribution in [3.63, 3.8) is 0 Å². The molecule has 1 heterocycles. The van der Waals surface area contributed by atoms with Gasteiger partial charge in [-0.2, -0.15) is 0 Å². The molecule has 0 bridgehead atoms. The van der Waals surface area contributed by atoms with Gasteiger partial charge in [0, 0.05) is 13.0 Å². The summed E-state index contributed by atoms with van der Waals surface area (Å²) in [6, 6.07) is 0. The number of hydrogen-bond acceptors (Lipinski definition) is 9. The van der Waals surface area contributed by atoms with Gasteiger partial charge in [-0.3, -0.25) is 4.79 Å². The highest BCUT2D eigenvalue weighted by atomic mass is 16.7. The second-order valence-electron chi connectivity index (χ2n) is 17.6. The Hall–Kier alpha value is -1.85. The van der Waals surface area contributed by atoms with Gasteiger partial charge in [-0.1, -0.05) is 191 Å². The van der Waals surface area contributed by atoms with E-state index in [9.17, 15) is 25.2 Å². The molecule has 0 aliphatic carbocycles. The third-order valence-electron chi connectivity index (χ3n) is 11.7. The molecule has 1 aliphatic heterocycles. The van der Waals surface area contributed by atoms with Crippen LogP contribution >= 0.6 is 0 Å². The maximum absolute atomic E-state index is 12.8. The van der Waals surface area contributed by atoms with Crippen molar-refractivity contribution < 1.29 is 44.2 Å². The summed E-state index contributed by atoms with van der Waals surface area (Å²) in [4.78, 5) is 12.8. The first kappa shape index (κ1) is 58.2. The number of unbranched alkanes of at least 4 members (excludes halogenated alkanes) is 25. The van der Waals surface area contributed by atoms with Crippen molar-refractivity contribution in [2.24, 2.45) is 0 Å². The normalized spacial score (nSPS) is 20.1. The quantitative estimate of drug-likeness (QED) is 0.0268. The second-order valence-corrected chi connectivity index (χ2v) is 17.6. The zero-order valence-electron chi connectivity index (χ0n) is 39.9. The molecule has 6 atom stereocenters. The average molecular weight is 877 g/mol. The molecule has 362 valence electrons. The van der Waals surface area contributed by atoms with Gasteiger partial charge in [-0.15, -0.1) is 0 Å². The fourth-order valence-electron chi connectivity index (χ4n) is 7.68. The van der Waals surface area contributed by atoms with Crippen molar-refractivity contribution in [2.45, 2.75) is 256 Å².